The molecule has 0 aliphatic carbocycles. The molecule has 0 atom stereocenters. The van der Waals surface area contributed by atoms with E-state index in [1.54, 1.807) is 10.9 Å². The van der Waals surface area contributed by atoms with Crippen LogP contribution < -0.4 is 5.46 Å². The molecule has 1 aromatic rings. The molecule has 0 N–H and O–H groups in total. The van der Waals surface area contributed by atoms with Gasteiger partial charge in [0.05, 0.1) is 35.9 Å². The van der Waals surface area contributed by atoms with E-state index in [2.05, 4.69) is 5.10 Å². The molecular formula is C12H18BFN2O3. The first kappa shape index (κ1) is 13.1. The number of halogens is 1. The predicted molar refractivity (Wildman–Crippen MR) is 67.8 cm³/mol. The van der Waals surface area contributed by atoms with Crippen molar-refractivity contribution in [2.75, 3.05) is 13.2 Å². The molecule has 0 amide bonds. The fraction of sp³-hybridized carbons (Fsp3) is 0.750. The van der Waals surface area contributed by atoms with Crippen molar-refractivity contribution in [2.24, 2.45) is 0 Å². The molecule has 0 radical (unpaired) electrons. The first-order chi connectivity index (χ1) is 8.80. The van der Waals surface area contributed by atoms with Crippen molar-refractivity contribution >= 4 is 12.6 Å². The highest BCUT2D eigenvalue weighted by Crippen LogP contribution is 2.36. The third-order valence-corrected chi connectivity index (χ3v) is 4.21. The molecule has 0 bridgehead atoms. The van der Waals surface area contributed by atoms with Crippen LogP contribution in [0, 0.1) is 5.95 Å². The fourth-order valence-electron chi connectivity index (χ4n) is 2.07. The van der Waals surface area contributed by atoms with Crippen LogP contribution in [-0.4, -0.2) is 41.3 Å². The van der Waals surface area contributed by atoms with Crippen molar-refractivity contribution in [1.29, 1.82) is 0 Å². The van der Waals surface area contributed by atoms with Crippen molar-refractivity contribution in [2.45, 2.75) is 44.9 Å². The molecule has 1 aromatic heterocycles. The van der Waals surface area contributed by atoms with Gasteiger partial charge in [-0.1, -0.05) is 0 Å². The Hall–Kier alpha value is -0.915. The van der Waals surface area contributed by atoms with Crippen LogP contribution in [0.15, 0.2) is 6.20 Å². The first-order valence-electron chi connectivity index (χ1n) is 6.48. The molecule has 0 spiro atoms. The zero-order valence-corrected chi connectivity index (χ0v) is 11.6. The van der Waals surface area contributed by atoms with Crippen molar-refractivity contribution < 1.29 is 18.4 Å². The Morgan fingerprint density at radius 1 is 1.26 bits per heavy atom. The van der Waals surface area contributed by atoms with Gasteiger partial charge >= 0.3 is 7.12 Å². The molecule has 2 aliphatic rings. The van der Waals surface area contributed by atoms with Gasteiger partial charge in [-0.15, -0.1) is 5.10 Å². The van der Waals surface area contributed by atoms with Gasteiger partial charge in [-0.2, -0.15) is 4.39 Å². The number of hydrogen-bond acceptors (Lipinski definition) is 4. The minimum Gasteiger partial charge on any atom is -0.399 e. The molecule has 0 unspecified atom stereocenters. The number of aromatic nitrogens is 2. The summed E-state index contributed by atoms with van der Waals surface area (Å²) in [4.78, 5) is 0. The van der Waals surface area contributed by atoms with E-state index in [-0.39, 0.29) is 6.04 Å². The van der Waals surface area contributed by atoms with Crippen molar-refractivity contribution in [3.8, 4) is 0 Å². The molecule has 5 nitrogen and oxygen atoms in total. The Labute approximate surface area is 112 Å². The van der Waals surface area contributed by atoms with Gasteiger partial charge in [0.25, 0.3) is 0 Å². The SMILES string of the molecule is CC1(C)OB(c2cn(C3COC3)nc2F)OC1(C)C. The molecule has 19 heavy (non-hydrogen) atoms. The van der Waals surface area contributed by atoms with Gasteiger partial charge in [0, 0.05) is 6.20 Å². The lowest BCUT2D eigenvalue weighted by Crippen LogP contribution is -2.41. The van der Waals surface area contributed by atoms with Crippen LogP contribution in [0.5, 0.6) is 0 Å². The molecule has 2 saturated heterocycles. The summed E-state index contributed by atoms with van der Waals surface area (Å²) in [6.07, 6.45) is 1.66. The summed E-state index contributed by atoms with van der Waals surface area (Å²) in [7, 11) is -0.709. The second-order valence-corrected chi connectivity index (χ2v) is 6.13. The average Bonchev–Trinajstić information content (AvgIpc) is 2.63. The Morgan fingerprint density at radius 2 is 1.84 bits per heavy atom. The van der Waals surface area contributed by atoms with Crippen molar-refractivity contribution in [1.82, 2.24) is 9.78 Å². The summed E-state index contributed by atoms with van der Waals surface area (Å²) >= 11 is 0. The van der Waals surface area contributed by atoms with E-state index in [0.29, 0.717) is 18.7 Å². The lowest BCUT2D eigenvalue weighted by molar-refractivity contribution is -0.0291. The van der Waals surface area contributed by atoms with E-state index in [0.717, 1.165) is 0 Å². The summed E-state index contributed by atoms with van der Waals surface area (Å²) in [5, 5.41) is 3.88. The number of nitrogens with zero attached hydrogens (tertiary/aromatic N) is 2. The highest BCUT2D eigenvalue weighted by molar-refractivity contribution is 6.62. The van der Waals surface area contributed by atoms with Gasteiger partial charge in [0.15, 0.2) is 0 Å². The Bertz CT molecular complexity index is 483. The molecule has 2 aliphatic heterocycles. The van der Waals surface area contributed by atoms with Gasteiger partial charge in [0.2, 0.25) is 5.95 Å². The molecule has 7 heteroatoms. The lowest BCUT2D eigenvalue weighted by Gasteiger charge is -2.32. The maximum absolute atomic E-state index is 14.0. The second kappa shape index (κ2) is 4.04. The second-order valence-electron chi connectivity index (χ2n) is 6.13. The van der Waals surface area contributed by atoms with Crippen molar-refractivity contribution in [3.63, 3.8) is 0 Å². The zero-order valence-electron chi connectivity index (χ0n) is 11.6. The van der Waals surface area contributed by atoms with Gasteiger partial charge in [-0.25, -0.2) is 0 Å². The maximum atomic E-state index is 14.0. The van der Waals surface area contributed by atoms with Crippen LogP contribution in [-0.2, 0) is 14.0 Å². The van der Waals surface area contributed by atoms with E-state index in [1.807, 2.05) is 27.7 Å². The van der Waals surface area contributed by atoms with E-state index >= 15 is 0 Å². The van der Waals surface area contributed by atoms with Crippen LogP contribution in [0.1, 0.15) is 33.7 Å². The quantitative estimate of drug-likeness (QED) is 0.747. The van der Waals surface area contributed by atoms with Crippen LogP contribution in [0.4, 0.5) is 4.39 Å². The molecular weight excluding hydrogens is 250 g/mol. The van der Waals surface area contributed by atoms with Crippen LogP contribution >= 0.6 is 0 Å². The topological polar surface area (TPSA) is 45.5 Å². The summed E-state index contributed by atoms with van der Waals surface area (Å²) in [5.74, 6) is -0.537. The fourth-order valence-corrected chi connectivity index (χ4v) is 2.07. The number of ether oxygens (including phenoxy) is 1. The summed E-state index contributed by atoms with van der Waals surface area (Å²) in [6.45, 7) is 8.91. The Morgan fingerprint density at radius 3 is 2.32 bits per heavy atom. The van der Waals surface area contributed by atoms with Crippen LogP contribution in [0.3, 0.4) is 0 Å². The number of rotatable bonds is 2. The molecule has 3 rings (SSSR count). The van der Waals surface area contributed by atoms with E-state index in [4.69, 9.17) is 14.0 Å². The van der Waals surface area contributed by atoms with E-state index < -0.39 is 24.3 Å². The monoisotopic (exact) mass is 268 g/mol. The average molecular weight is 268 g/mol. The van der Waals surface area contributed by atoms with Gasteiger partial charge < -0.3 is 14.0 Å². The number of hydrogen-bond donors (Lipinski definition) is 0. The third-order valence-electron chi connectivity index (χ3n) is 4.21. The van der Waals surface area contributed by atoms with E-state index in [1.165, 1.54) is 0 Å². The minimum atomic E-state index is -0.709. The van der Waals surface area contributed by atoms with Gasteiger partial charge in [0.1, 0.15) is 0 Å². The largest absolute Gasteiger partial charge is 0.501 e. The lowest BCUT2D eigenvalue weighted by atomic mass is 9.81. The summed E-state index contributed by atoms with van der Waals surface area (Å²) < 4.78 is 32.3. The first-order valence-corrected chi connectivity index (χ1v) is 6.48. The molecule has 0 saturated carbocycles. The highest BCUT2D eigenvalue weighted by Gasteiger charge is 2.53. The van der Waals surface area contributed by atoms with Crippen molar-refractivity contribution in [3.05, 3.63) is 12.1 Å². The molecule has 3 heterocycles. The van der Waals surface area contributed by atoms with E-state index in [9.17, 15) is 4.39 Å². The summed E-state index contributed by atoms with van der Waals surface area (Å²) in [5.41, 5.74) is -0.608. The third kappa shape index (κ3) is 2.00. The molecule has 0 aromatic carbocycles. The maximum Gasteiger partial charge on any atom is 0.501 e. The summed E-state index contributed by atoms with van der Waals surface area (Å²) in [6, 6.07) is 0.116. The normalized spacial score (nSPS) is 25.6. The standard InChI is InChI=1S/C12H18BFN2O3/c1-11(2)12(3,4)19-13(18-11)9-5-16(15-10(9)14)8-6-17-7-8/h5,8H,6-7H2,1-4H3. The molecule has 104 valence electrons. The van der Waals surface area contributed by atoms with Crippen LogP contribution in [0.25, 0.3) is 0 Å². The highest BCUT2D eigenvalue weighted by atomic mass is 19.1. The predicted octanol–water partition coefficient (Wildman–Crippen LogP) is 0.893. The smallest absolute Gasteiger partial charge is 0.399 e. The molecule has 2 fully saturated rings. The Balaban J connectivity index is 1.85. The minimum absolute atomic E-state index is 0.116. The van der Waals surface area contributed by atoms with Crippen LogP contribution in [0.2, 0.25) is 0 Å². The van der Waals surface area contributed by atoms with Gasteiger partial charge in [-0.05, 0) is 27.7 Å². The zero-order chi connectivity index (χ0) is 13.8. The Kier molecular flexibility index (Phi) is 2.78. The van der Waals surface area contributed by atoms with Gasteiger partial charge in [-0.3, -0.25) is 4.68 Å².